The van der Waals surface area contributed by atoms with E-state index in [2.05, 4.69) is 6.58 Å². The van der Waals surface area contributed by atoms with Gasteiger partial charge in [-0.05, 0) is 24.1 Å². The van der Waals surface area contributed by atoms with Crippen LogP contribution in [0.2, 0.25) is 0 Å². The lowest BCUT2D eigenvalue weighted by molar-refractivity contribution is -0.873. The molecule has 1 unspecified atom stereocenters. The number of nitrogens with zero attached hydrogens (tertiary/aromatic N) is 1. The van der Waals surface area contributed by atoms with Crippen molar-refractivity contribution in [1.29, 1.82) is 0 Å². The second-order valence-corrected chi connectivity index (χ2v) is 4.01. The number of ketones is 1. The van der Waals surface area contributed by atoms with Crippen LogP contribution in [0.25, 0.3) is 0 Å². The molecule has 64 valence electrons. The van der Waals surface area contributed by atoms with Crippen molar-refractivity contribution in [3.05, 3.63) is 12.2 Å². The van der Waals surface area contributed by atoms with Gasteiger partial charge in [-0.2, -0.15) is 0 Å². The van der Waals surface area contributed by atoms with Crippen LogP contribution < -0.4 is 0 Å². The van der Waals surface area contributed by atoms with Crippen molar-refractivity contribution in [2.24, 2.45) is 0 Å². The van der Waals surface area contributed by atoms with Gasteiger partial charge in [-0.15, -0.1) is 0 Å². The Morgan fingerprint density at radius 3 is 1.91 bits per heavy atom. The molecule has 0 saturated heterocycles. The zero-order chi connectivity index (χ0) is 9.23. The molecule has 0 aromatic rings. The topological polar surface area (TPSA) is 17.1 Å². The second kappa shape index (κ2) is 3.37. The summed E-state index contributed by atoms with van der Waals surface area (Å²) in [5.74, 6) is -0.0841. The number of rotatable bonds is 3. The van der Waals surface area contributed by atoms with Gasteiger partial charge in [0.25, 0.3) is 0 Å². The monoisotopic (exact) mass is 176 g/mol. The van der Waals surface area contributed by atoms with Crippen LogP contribution in [0.4, 0.5) is 0 Å². The standard InChI is InChI=1S/C8H15ClNO/c1-6(2)7(11)8(9)10(3,4)5/h8H,1H2,2-5H3/q+1. The van der Waals surface area contributed by atoms with Gasteiger partial charge in [0.2, 0.25) is 11.3 Å². The number of quaternary nitrogens is 1. The van der Waals surface area contributed by atoms with Gasteiger partial charge in [0.05, 0.1) is 21.1 Å². The lowest BCUT2D eigenvalue weighted by Crippen LogP contribution is -2.46. The molecular weight excluding hydrogens is 162 g/mol. The molecule has 0 bridgehead atoms. The van der Waals surface area contributed by atoms with Gasteiger partial charge in [0.15, 0.2) is 0 Å². The summed E-state index contributed by atoms with van der Waals surface area (Å²) in [5.41, 5.74) is -0.00875. The molecule has 11 heavy (non-hydrogen) atoms. The van der Waals surface area contributed by atoms with Crippen LogP contribution in [0.15, 0.2) is 12.2 Å². The zero-order valence-corrected chi connectivity index (χ0v) is 8.27. The Balaban J connectivity index is 4.38. The maximum absolute atomic E-state index is 11.2. The summed E-state index contributed by atoms with van der Waals surface area (Å²) in [5, 5.41) is 0. The van der Waals surface area contributed by atoms with Gasteiger partial charge in [-0.1, -0.05) is 6.58 Å². The highest BCUT2D eigenvalue weighted by Gasteiger charge is 2.28. The minimum atomic E-state index is -0.521. The second-order valence-electron chi connectivity index (χ2n) is 3.60. The average Bonchev–Trinajstić information content (AvgIpc) is 1.82. The molecule has 0 aliphatic heterocycles. The third-order valence-electron chi connectivity index (χ3n) is 1.32. The summed E-state index contributed by atoms with van der Waals surface area (Å²) in [6, 6.07) is 0. The van der Waals surface area contributed by atoms with Crippen LogP contribution in [-0.4, -0.2) is 36.9 Å². The van der Waals surface area contributed by atoms with Crippen molar-refractivity contribution in [3.8, 4) is 0 Å². The maximum Gasteiger partial charge on any atom is 0.231 e. The van der Waals surface area contributed by atoms with Crippen molar-refractivity contribution in [2.75, 3.05) is 21.1 Å². The van der Waals surface area contributed by atoms with E-state index in [1.54, 1.807) is 6.92 Å². The molecule has 0 radical (unpaired) electrons. The number of hydrogen-bond acceptors (Lipinski definition) is 1. The first-order valence-corrected chi connectivity index (χ1v) is 3.85. The minimum absolute atomic E-state index is 0.0841. The van der Waals surface area contributed by atoms with Gasteiger partial charge in [-0.25, -0.2) is 0 Å². The SMILES string of the molecule is C=C(C)C(=O)C(Cl)[N+](C)(C)C. The number of halogens is 1. The molecule has 0 spiro atoms. The van der Waals surface area contributed by atoms with Gasteiger partial charge >= 0.3 is 0 Å². The molecule has 0 rings (SSSR count). The van der Waals surface area contributed by atoms with Crippen molar-refractivity contribution >= 4 is 17.4 Å². The predicted molar refractivity (Wildman–Crippen MR) is 47.5 cm³/mol. The van der Waals surface area contributed by atoms with Crippen LogP contribution in [0.3, 0.4) is 0 Å². The molecule has 1 atom stereocenters. The largest absolute Gasteiger partial charge is 0.309 e. The number of Topliss-reactive ketones (excluding diaryl/α,β-unsaturated/α-hetero) is 1. The van der Waals surface area contributed by atoms with E-state index >= 15 is 0 Å². The Morgan fingerprint density at radius 1 is 1.45 bits per heavy atom. The van der Waals surface area contributed by atoms with Gasteiger partial charge in [0, 0.05) is 0 Å². The molecule has 3 heteroatoms. The Bertz CT molecular complexity index is 181. The molecule has 0 saturated carbocycles. The van der Waals surface area contributed by atoms with Crippen molar-refractivity contribution in [1.82, 2.24) is 0 Å². The fourth-order valence-electron chi connectivity index (χ4n) is 0.555. The summed E-state index contributed by atoms with van der Waals surface area (Å²) < 4.78 is 0.424. The summed E-state index contributed by atoms with van der Waals surface area (Å²) in [6.07, 6.45) is 0. The van der Waals surface area contributed by atoms with Gasteiger partial charge < -0.3 is 4.48 Å². The minimum Gasteiger partial charge on any atom is -0.309 e. The van der Waals surface area contributed by atoms with Crippen LogP contribution in [0.5, 0.6) is 0 Å². The molecule has 0 fully saturated rings. The zero-order valence-electron chi connectivity index (χ0n) is 7.52. The Kier molecular flexibility index (Phi) is 3.27. The normalized spacial score (nSPS) is 14.3. The van der Waals surface area contributed by atoms with E-state index in [4.69, 9.17) is 11.6 Å². The number of carbonyl (C=O) groups is 1. The molecule has 0 aromatic carbocycles. The van der Waals surface area contributed by atoms with E-state index in [0.717, 1.165) is 0 Å². The van der Waals surface area contributed by atoms with Crippen molar-refractivity contribution in [2.45, 2.75) is 12.4 Å². The predicted octanol–water partition coefficient (Wildman–Crippen LogP) is 1.40. The van der Waals surface area contributed by atoms with E-state index in [1.165, 1.54) is 0 Å². The van der Waals surface area contributed by atoms with Crippen LogP contribution in [-0.2, 0) is 4.79 Å². The van der Waals surface area contributed by atoms with Crippen molar-refractivity contribution in [3.63, 3.8) is 0 Å². The van der Waals surface area contributed by atoms with E-state index in [0.29, 0.717) is 10.1 Å². The third kappa shape index (κ3) is 3.04. The van der Waals surface area contributed by atoms with Gasteiger partial charge in [-0.3, -0.25) is 4.79 Å². The highest BCUT2D eigenvalue weighted by molar-refractivity contribution is 6.32. The Labute approximate surface area is 73.0 Å². The first-order chi connectivity index (χ1) is 4.76. The maximum atomic E-state index is 11.2. The smallest absolute Gasteiger partial charge is 0.231 e. The highest BCUT2D eigenvalue weighted by Crippen LogP contribution is 2.12. The fraction of sp³-hybridized carbons (Fsp3) is 0.625. The Hall–Kier alpha value is -0.340. The third-order valence-corrected chi connectivity index (χ3v) is 2.10. The average molecular weight is 177 g/mol. The van der Waals surface area contributed by atoms with E-state index in [9.17, 15) is 4.79 Å². The summed E-state index contributed by atoms with van der Waals surface area (Å²) in [7, 11) is 5.62. The lowest BCUT2D eigenvalue weighted by Gasteiger charge is -2.28. The number of carbonyl (C=O) groups excluding carboxylic acids is 1. The van der Waals surface area contributed by atoms with E-state index in [-0.39, 0.29) is 5.78 Å². The number of alkyl halides is 1. The fourth-order valence-corrected chi connectivity index (χ4v) is 0.741. The first kappa shape index (κ1) is 10.7. The summed E-state index contributed by atoms with van der Waals surface area (Å²) >= 11 is 5.86. The van der Waals surface area contributed by atoms with Crippen LogP contribution in [0.1, 0.15) is 6.92 Å². The summed E-state index contributed by atoms with van der Waals surface area (Å²) in [6.45, 7) is 5.22. The number of hydrogen-bond donors (Lipinski definition) is 0. The molecule has 0 amide bonds. The molecule has 0 aromatic heterocycles. The molecule has 0 N–H and O–H groups in total. The molecule has 2 nitrogen and oxygen atoms in total. The van der Waals surface area contributed by atoms with Gasteiger partial charge in [0.1, 0.15) is 0 Å². The van der Waals surface area contributed by atoms with Crippen LogP contribution >= 0.6 is 11.6 Å². The van der Waals surface area contributed by atoms with Crippen molar-refractivity contribution < 1.29 is 9.28 Å². The summed E-state index contributed by atoms with van der Waals surface area (Å²) in [4.78, 5) is 11.2. The van der Waals surface area contributed by atoms with Crippen LogP contribution in [0, 0.1) is 0 Å². The lowest BCUT2D eigenvalue weighted by atomic mass is 10.2. The molecular formula is C8H15ClNO+. The first-order valence-electron chi connectivity index (χ1n) is 3.41. The van der Waals surface area contributed by atoms with E-state index in [1.807, 2.05) is 21.1 Å². The van der Waals surface area contributed by atoms with E-state index < -0.39 is 5.50 Å². The molecule has 0 aliphatic rings. The Morgan fingerprint density at radius 2 is 1.82 bits per heavy atom. The molecule has 0 aliphatic carbocycles. The number of likely N-dealkylation sites (N-methyl/N-ethyl adjacent to an activating group) is 1. The highest BCUT2D eigenvalue weighted by atomic mass is 35.5. The quantitative estimate of drug-likeness (QED) is 0.275. The molecule has 0 heterocycles.